The van der Waals surface area contributed by atoms with Crippen molar-refractivity contribution in [2.24, 2.45) is 5.92 Å². The largest absolute Gasteiger partial charge is 0.379 e. The minimum absolute atomic E-state index is 0.184. The summed E-state index contributed by atoms with van der Waals surface area (Å²) in [6, 6.07) is 17.1. The first-order chi connectivity index (χ1) is 16.2. The van der Waals surface area contributed by atoms with Gasteiger partial charge in [0.25, 0.3) is 5.56 Å². The van der Waals surface area contributed by atoms with Crippen molar-refractivity contribution < 1.29 is 4.74 Å². The average molecular weight is 462 g/mol. The molecule has 2 aromatic heterocycles. The van der Waals surface area contributed by atoms with Crippen LogP contribution in [0.2, 0.25) is 0 Å². The van der Waals surface area contributed by atoms with Gasteiger partial charge in [0.1, 0.15) is 0 Å². The van der Waals surface area contributed by atoms with Crippen LogP contribution in [0.5, 0.6) is 0 Å². The van der Waals surface area contributed by atoms with Crippen LogP contribution in [0.25, 0.3) is 11.1 Å². The van der Waals surface area contributed by atoms with Crippen molar-refractivity contribution in [1.29, 1.82) is 0 Å². The third kappa shape index (κ3) is 4.33. The van der Waals surface area contributed by atoms with Crippen LogP contribution >= 0.6 is 11.3 Å². The molecule has 3 aromatic rings. The number of thiophene rings is 1. The minimum Gasteiger partial charge on any atom is -0.379 e. The van der Waals surface area contributed by atoms with Crippen molar-refractivity contribution in [1.82, 2.24) is 14.4 Å². The lowest BCUT2D eigenvalue weighted by Crippen LogP contribution is -2.46. The molecule has 0 saturated carbocycles. The fourth-order valence-electron chi connectivity index (χ4n) is 5.92. The molecule has 5 nitrogen and oxygen atoms in total. The first-order valence-electron chi connectivity index (χ1n) is 12.1. The minimum atomic E-state index is 0.184. The van der Waals surface area contributed by atoms with Gasteiger partial charge in [0.05, 0.1) is 13.2 Å². The summed E-state index contributed by atoms with van der Waals surface area (Å²) in [5.41, 5.74) is 4.57. The smallest absolute Gasteiger partial charge is 0.258 e. The first kappa shape index (κ1) is 21.3. The van der Waals surface area contributed by atoms with Crippen LogP contribution < -0.4 is 5.56 Å². The van der Waals surface area contributed by atoms with Gasteiger partial charge in [0, 0.05) is 67.9 Å². The summed E-state index contributed by atoms with van der Waals surface area (Å²) >= 11 is 1.84. The second-order valence-corrected chi connectivity index (χ2v) is 10.7. The van der Waals surface area contributed by atoms with Crippen molar-refractivity contribution in [2.45, 2.75) is 32.0 Å². The summed E-state index contributed by atoms with van der Waals surface area (Å²) in [6.45, 7) is 8.33. The quantitative estimate of drug-likeness (QED) is 0.575. The number of hydrogen-bond acceptors (Lipinski definition) is 5. The van der Waals surface area contributed by atoms with Crippen molar-refractivity contribution in [2.75, 3.05) is 39.4 Å². The lowest BCUT2D eigenvalue weighted by molar-refractivity contribution is 0.0342. The molecule has 0 radical (unpaired) electrons. The topological polar surface area (TPSA) is 37.7 Å². The molecule has 172 valence electrons. The Morgan fingerprint density at radius 1 is 0.879 bits per heavy atom. The maximum Gasteiger partial charge on any atom is 0.258 e. The summed E-state index contributed by atoms with van der Waals surface area (Å²) in [4.78, 5) is 20.2. The van der Waals surface area contributed by atoms with Gasteiger partial charge in [0.15, 0.2) is 0 Å². The normalized spacial score (nSPS) is 23.4. The zero-order valence-electron chi connectivity index (χ0n) is 19.0. The standard InChI is InChI=1S/C27H31N3O2S/c31-27-25(24-6-2-1-4-21(24)17-28-9-11-32-12-10-28)7-8-26-22-14-20(16-30(26)27)15-29(18-22)19-23-5-3-13-33-23/h1-8,13,20,22H,9-12,14-19H2/t20-,22+/m0/s1. The van der Waals surface area contributed by atoms with Gasteiger partial charge in [-0.1, -0.05) is 30.3 Å². The van der Waals surface area contributed by atoms with Crippen LogP contribution in [-0.2, 0) is 24.4 Å². The van der Waals surface area contributed by atoms with E-state index in [1.165, 1.54) is 22.6 Å². The Morgan fingerprint density at radius 2 is 1.76 bits per heavy atom. The van der Waals surface area contributed by atoms with Crippen LogP contribution in [0, 0.1) is 5.92 Å². The van der Waals surface area contributed by atoms with Gasteiger partial charge in [-0.15, -0.1) is 11.3 Å². The molecule has 2 fully saturated rings. The van der Waals surface area contributed by atoms with E-state index in [0.29, 0.717) is 11.8 Å². The summed E-state index contributed by atoms with van der Waals surface area (Å²) < 4.78 is 7.61. The molecule has 3 aliphatic heterocycles. The molecule has 0 N–H and O–H groups in total. The van der Waals surface area contributed by atoms with Gasteiger partial charge in [-0.2, -0.15) is 0 Å². The molecule has 2 bridgehead atoms. The number of ether oxygens (including phenoxy) is 1. The Hall–Kier alpha value is -2.25. The van der Waals surface area contributed by atoms with Crippen molar-refractivity contribution in [3.05, 3.63) is 80.4 Å². The number of fused-ring (bicyclic) bond motifs is 4. The Balaban J connectivity index is 1.28. The average Bonchev–Trinajstić information content (AvgIpc) is 3.34. The third-order valence-corrected chi connectivity index (χ3v) is 8.31. The highest BCUT2D eigenvalue weighted by atomic mass is 32.1. The molecular formula is C27H31N3O2S. The van der Waals surface area contributed by atoms with Crippen molar-refractivity contribution in [3.8, 4) is 11.1 Å². The van der Waals surface area contributed by atoms with E-state index in [1.807, 2.05) is 11.3 Å². The molecule has 2 saturated heterocycles. The fourth-order valence-corrected chi connectivity index (χ4v) is 6.67. The number of aromatic nitrogens is 1. The molecule has 6 rings (SSSR count). The number of likely N-dealkylation sites (tertiary alicyclic amines) is 1. The van der Waals surface area contributed by atoms with Gasteiger partial charge >= 0.3 is 0 Å². The summed E-state index contributed by atoms with van der Waals surface area (Å²) in [5, 5.41) is 2.16. The number of pyridine rings is 1. The lowest BCUT2D eigenvalue weighted by Gasteiger charge is -2.42. The fraction of sp³-hybridized carbons (Fsp3) is 0.444. The Morgan fingerprint density at radius 3 is 2.61 bits per heavy atom. The van der Waals surface area contributed by atoms with E-state index in [-0.39, 0.29) is 5.56 Å². The predicted molar refractivity (Wildman–Crippen MR) is 133 cm³/mol. The predicted octanol–water partition coefficient (Wildman–Crippen LogP) is 4.03. The molecule has 33 heavy (non-hydrogen) atoms. The SMILES string of the molecule is O=c1c(-c2ccccc2CN2CCOCC2)ccc2n1C[C@H]1C[C@@H]2CN(Cc2cccs2)C1. The second-order valence-electron chi connectivity index (χ2n) is 9.71. The maximum absolute atomic E-state index is 13.7. The van der Waals surface area contributed by atoms with E-state index in [4.69, 9.17) is 4.74 Å². The number of piperidine rings is 1. The van der Waals surface area contributed by atoms with Crippen molar-refractivity contribution in [3.63, 3.8) is 0 Å². The van der Waals surface area contributed by atoms with Crippen molar-refractivity contribution >= 4 is 11.3 Å². The van der Waals surface area contributed by atoms with Gasteiger partial charge in [0.2, 0.25) is 0 Å². The van der Waals surface area contributed by atoms with Crippen LogP contribution in [-0.4, -0.2) is 53.8 Å². The van der Waals surface area contributed by atoms with E-state index in [0.717, 1.165) is 70.2 Å². The van der Waals surface area contributed by atoms with E-state index >= 15 is 0 Å². The van der Waals surface area contributed by atoms with E-state index in [2.05, 4.69) is 68.3 Å². The maximum atomic E-state index is 13.7. The summed E-state index contributed by atoms with van der Waals surface area (Å²) in [5.74, 6) is 0.996. The molecule has 1 aromatic carbocycles. The summed E-state index contributed by atoms with van der Waals surface area (Å²) in [7, 11) is 0. The second kappa shape index (κ2) is 9.18. The van der Waals surface area contributed by atoms with E-state index in [1.54, 1.807) is 0 Å². The first-order valence-corrected chi connectivity index (χ1v) is 13.0. The van der Waals surface area contributed by atoms with Crippen LogP contribution in [0.4, 0.5) is 0 Å². The van der Waals surface area contributed by atoms with E-state index < -0.39 is 0 Å². The third-order valence-electron chi connectivity index (χ3n) is 7.44. The molecular weight excluding hydrogens is 430 g/mol. The van der Waals surface area contributed by atoms with Gasteiger partial charge in [-0.3, -0.25) is 14.6 Å². The summed E-state index contributed by atoms with van der Waals surface area (Å²) in [6.07, 6.45) is 1.20. The zero-order chi connectivity index (χ0) is 22.2. The number of hydrogen-bond donors (Lipinski definition) is 0. The molecule has 5 heterocycles. The van der Waals surface area contributed by atoms with E-state index in [9.17, 15) is 4.79 Å². The Kier molecular flexibility index (Phi) is 5.93. The van der Waals surface area contributed by atoms with Gasteiger partial charge in [-0.25, -0.2) is 0 Å². The van der Waals surface area contributed by atoms with Crippen LogP contribution in [0.3, 0.4) is 0 Å². The lowest BCUT2D eigenvalue weighted by atomic mass is 9.82. The van der Waals surface area contributed by atoms with Gasteiger partial charge in [-0.05, 0) is 47.0 Å². The number of nitrogens with zero attached hydrogens (tertiary/aromatic N) is 3. The number of benzene rings is 1. The van der Waals surface area contributed by atoms with Crippen LogP contribution in [0.1, 0.15) is 28.5 Å². The molecule has 0 spiro atoms. The molecule has 6 heteroatoms. The highest BCUT2D eigenvalue weighted by molar-refractivity contribution is 7.09. The van der Waals surface area contributed by atoms with Gasteiger partial charge < -0.3 is 9.30 Å². The molecule has 0 unspecified atom stereocenters. The molecule has 2 atom stereocenters. The molecule has 3 aliphatic rings. The highest BCUT2D eigenvalue weighted by Gasteiger charge is 2.35. The Labute approximate surface area is 199 Å². The van der Waals surface area contributed by atoms with Crippen LogP contribution in [0.15, 0.2) is 58.7 Å². The number of morpholine rings is 1. The molecule has 0 aliphatic carbocycles. The zero-order valence-corrected chi connectivity index (χ0v) is 19.8. The monoisotopic (exact) mass is 461 g/mol. The number of rotatable bonds is 5. The Bertz CT molecular complexity index is 1170. The molecule has 0 amide bonds. The highest BCUT2D eigenvalue weighted by Crippen LogP contribution is 2.37.